The van der Waals surface area contributed by atoms with E-state index in [-0.39, 0.29) is 6.42 Å². The molecule has 1 N–H and O–H groups in total. The van der Waals surface area contributed by atoms with Gasteiger partial charge in [0.2, 0.25) is 0 Å². The largest absolute Gasteiger partial charge is 0.493 e. The van der Waals surface area contributed by atoms with Gasteiger partial charge in [-0.25, -0.2) is 0 Å². The molecule has 0 aliphatic carbocycles. The van der Waals surface area contributed by atoms with Crippen molar-refractivity contribution in [3.05, 3.63) is 42.5 Å². The van der Waals surface area contributed by atoms with E-state index in [1.54, 1.807) is 0 Å². The zero-order chi connectivity index (χ0) is 11.8. The Hall–Kier alpha value is -1.77. The van der Waals surface area contributed by atoms with E-state index in [1.807, 2.05) is 30.3 Å². The van der Waals surface area contributed by atoms with Gasteiger partial charge in [0.1, 0.15) is 5.75 Å². The smallest absolute Gasteiger partial charge is 0.303 e. The Kier molecular flexibility index (Phi) is 5.12. The highest BCUT2D eigenvalue weighted by molar-refractivity contribution is 5.66. The number of carboxylic acids is 1. The van der Waals surface area contributed by atoms with Gasteiger partial charge in [-0.2, -0.15) is 0 Å². The molecule has 1 rings (SSSR count). The summed E-state index contributed by atoms with van der Waals surface area (Å²) >= 11 is 0. The van der Waals surface area contributed by atoms with Gasteiger partial charge in [0.15, 0.2) is 0 Å². The summed E-state index contributed by atoms with van der Waals surface area (Å²) in [6.45, 7) is 4.11. The lowest BCUT2D eigenvalue weighted by atomic mass is 10.1. The standard InChI is InChI=1S/C13H16O3/c1-2-6-11-7-3-4-8-12(11)16-10-5-9-13(14)15/h2-4,7-8H,1,5-6,9-10H2,(H,14,15). The van der Waals surface area contributed by atoms with Crippen LogP contribution < -0.4 is 4.74 Å². The molecule has 3 heteroatoms. The van der Waals surface area contributed by atoms with Crippen LogP contribution in [-0.4, -0.2) is 17.7 Å². The van der Waals surface area contributed by atoms with Crippen LogP contribution in [-0.2, 0) is 11.2 Å². The first-order valence-electron chi connectivity index (χ1n) is 5.27. The SMILES string of the molecule is C=CCc1ccccc1OCCCC(=O)O. The first-order valence-corrected chi connectivity index (χ1v) is 5.27. The van der Waals surface area contributed by atoms with Crippen molar-refractivity contribution in [2.75, 3.05) is 6.61 Å². The Balaban J connectivity index is 2.46. The van der Waals surface area contributed by atoms with E-state index in [4.69, 9.17) is 9.84 Å². The average molecular weight is 220 g/mol. The number of rotatable bonds is 7. The maximum atomic E-state index is 10.3. The number of hydrogen-bond donors (Lipinski definition) is 1. The number of carboxylic acid groups (broad SMARTS) is 1. The van der Waals surface area contributed by atoms with Crippen LogP contribution in [0.3, 0.4) is 0 Å². The van der Waals surface area contributed by atoms with E-state index in [2.05, 4.69) is 6.58 Å². The van der Waals surface area contributed by atoms with E-state index < -0.39 is 5.97 Å². The molecule has 1 aromatic carbocycles. The third kappa shape index (κ3) is 4.17. The van der Waals surface area contributed by atoms with Crippen LogP contribution in [0.5, 0.6) is 5.75 Å². The number of allylic oxidation sites excluding steroid dienone is 1. The van der Waals surface area contributed by atoms with Crippen molar-refractivity contribution in [1.29, 1.82) is 0 Å². The third-order valence-corrected chi connectivity index (χ3v) is 2.13. The Morgan fingerprint density at radius 2 is 2.19 bits per heavy atom. The molecule has 0 fully saturated rings. The molecular weight excluding hydrogens is 204 g/mol. The summed E-state index contributed by atoms with van der Waals surface area (Å²) in [6.07, 6.45) is 3.25. The summed E-state index contributed by atoms with van der Waals surface area (Å²) < 4.78 is 5.53. The molecule has 16 heavy (non-hydrogen) atoms. The molecule has 1 aromatic rings. The van der Waals surface area contributed by atoms with Gasteiger partial charge >= 0.3 is 5.97 Å². The molecule has 3 nitrogen and oxygen atoms in total. The van der Waals surface area contributed by atoms with Gasteiger partial charge in [0.05, 0.1) is 6.61 Å². The minimum absolute atomic E-state index is 0.142. The molecule has 0 saturated heterocycles. The Labute approximate surface area is 95.4 Å². The quantitative estimate of drug-likeness (QED) is 0.567. The highest BCUT2D eigenvalue weighted by atomic mass is 16.5. The first kappa shape index (κ1) is 12.3. The van der Waals surface area contributed by atoms with Gasteiger partial charge in [-0.05, 0) is 24.5 Å². The molecule has 0 saturated carbocycles. The van der Waals surface area contributed by atoms with Crippen LogP contribution in [0.25, 0.3) is 0 Å². The van der Waals surface area contributed by atoms with Gasteiger partial charge < -0.3 is 9.84 Å². The molecule has 0 bridgehead atoms. The number of carbonyl (C=O) groups is 1. The lowest BCUT2D eigenvalue weighted by Crippen LogP contribution is -2.03. The summed E-state index contributed by atoms with van der Waals surface area (Å²) in [5.74, 6) is 0.0239. The van der Waals surface area contributed by atoms with Gasteiger partial charge in [-0.15, -0.1) is 6.58 Å². The van der Waals surface area contributed by atoms with Crippen molar-refractivity contribution in [1.82, 2.24) is 0 Å². The molecule has 0 aliphatic rings. The minimum Gasteiger partial charge on any atom is -0.493 e. The fraction of sp³-hybridized carbons (Fsp3) is 0.308. The van der Waals surface area contributed by atoms with Gasteiger partial charge in [0, 0.05) is 6.42 Å². The average Bonchev–Trinajstić information content (AvgIpc) is 2.26. The highest BCUT2D eigenvalue weighted by Crippen LogP contribution is 2.18. The van der Waals surface area contributed by atoms with Crippen LogP contribution in [0.4, 0.5) is 0 Å². The normalized spacial score (nSPS) is 9.75. The van der Waals surface area contributed by atoms with Crippen LogP contribution >= 0.6 is 0 Å². The van der Waals surface area contributed by atoms with Gasteiger partial charge in [-0.3, -0.25) is 4.79 Å². The number of ether oxygens (including phenoxy) is 1. The summed E-state index contributed by atoms with van der Waals surface area (Å²) in [7, 11) is 0. The predicted octanol–water partition coefficient (Wildman–Crippen LogP) is 2.66. The number of para-hydroxylation sites is 1. The third-order valence-electron chi connectivity index (χ3n) is 2.13. The second-order valence-electron chi connectivity index (χ2n) is 3.45. The van der Waals surface area contributed by atoms with Crippen LogP contribution in [0, 0.1) is 0 Å². The van der Waals surface area contributed by atoms with E-state index in [0.717, 1.165) is 17.7 Å². The molecular formula is C13H16O3. The predicted molar refractivity (Wildman–Crippen MR) is 62.7 cm³/mol. The fourth-order valence-corrected chi connectivity index (χ4v) is 1.37. The molecule has 0 atom stereocenters. The molecule has 0 amide bonds. The van der Waals surface area contributed by atoms with E-state index in [9.17, 15) is 4.79 Å². The van der Waals surface area contributed by atoms with Crippen molar-refractivity contribution in [3.8, 4) is 5.75 Å². The molecule has 0 unspecified atom stereocenters. The molecule has 0 spiro atoms. The summed E-state index contributed by atoms with van der Waals surface area (Å²) in [5.41, 5.74) is 1.08. The minimum atomic E-state index is -0.789. The summed E-state index contributed by atoms with van der Waals surface area (Å²) in [4.78, 5) is 10.3. The Morgan fingerprint density at radius 1 is 1.44 bits per heavy atom. The van der Waals surface area contributed by atoms with Crippen molar-refractivity contribution in [2.45, 2.75) is 19.3 Å². The van der Waals surface area contributed by atoms with Crippen LogP contribution in [0.1, 0.15) is 18.4 Å². The van der Waals surface area contributed by atoms with E-state index >= 15 is 0 Å². The zero-order valence-electron chi connectivity index (χ0n) is 9.19. The Bertz CT molecular complexity index is 358. The topological polar surface area (TPSA) is 46.5 Å². The van der Waals surface area contributed by atoms with Gasteiger partial charge in [-0.1, -0.05) is 24.3 Å². The van der Waals surface area contributed by atoms with Crippen LogP contribution in [0.15, 0.2) is 36.9 Å². The van der Waals surface area contributed by atoms with Gasteiger partial charge in [0.25, 0.3) is 0 Å². The van der Waals surface area contributed by atoms with Crippen molar-refractivity contribution in [2.24, 2.45) is 0 Å². The lowest BCUT2D eigenvalue weighted by molar-refractivity contribution is -0.137. The number of benzene rings is 1. The van der Waals surface area contributed by atoms with Crippen molar-refractivity contribution < 1.29 is 14.6 Å². The maximum Gasteiger partial charge on any atom is 0.303 e. The van der Waals surface area contributed by atoms with E-state index in [0.29, 0.717) is 13.0 Å². The first-order chi connectivity index (χ1) is 7.74. The molecule has 0 aromatic heterocycles. The second kappa shape index (κ2) is 6.67. The van der Waals surface area contributed by atoms with Crippen LogP contribution in [0.2, 0.25) is 0 Å². The highest BCUT2D eigenvalue weighted by Gasteiger charge is 2.02. The number of hydrogen-bond acceptors (Lipinski definition) is 2. The summed E-state index contributed by atoms with van der Waals surface area (Å²) in [5, 5.41) is 8.48. The monoisotopic (exact) mass is 220 g/mol. The molecule has 0 radical (unpaired) electrons. The lowest BCUT2D eigenvalue weighted by Gasteiger charge is -2.09. The second-order valence-corrected chi connectivity index (χ2v) is 3.45. The molecule has 0 aliphatic heterocycles. The molecule has 86 valence electrons. The van der Waals surface area contributed by atoms with E-state index in [1.165, 1.54) is 0 Å². The maximum absolute atomic E-state index is 10.3. The zero-order valence-corrected chi connectivity index (χ0v) is 9.19. The van der Waals surface area contributed by atoms with Crippen molar-refractivity contribution >= 4 is 5.97 Å². The van der Waals surface area contributed by atoms with Crippen molar-refractivity contribution in [3.63, 3.8) is 0 Å². The summed E-state index contributed by atoms with van der Waals surface area (Å²) in [6, 6.07) is 7.72. The number of aliphatic carboxylic acids is 1. The molecule has 0 heterocycles. The fourth-order valence-electron chi connectivity index (χ4n) is 1.37. The Morgan fingerprint density at radius 3 is 2.88 bits per heavy atom.